The van der Waals surface area contributed by atoms with E-state index in [2.05, 4.69) is 39.0 Å². The summed E-state index contributed by atoms with van der Waals surface area (Å²) in [4.78, 5) is 25.9. The van der Waals surface area contributed by atoms with Crippen LogP contribution in [0.3, 0.4) is 0 Å². The standard InChI is InChI=1S/C25H32O4/c1-4-6-11-20-17-9-8-10-18(22(17)24(27)28-20)25-14-13-16(3)15-19(25)23(26)29-21(25)12-7-5-2/h11-12,15-16,18H,4-10,13-14H2,1-3H3/b20-11-,21-12-/t16-,18-,25?/m1/s1. The maximum atomic E-state index is 13.0. The van der Waals surface area contributed by atoms with Crippen LogP contribution in [0.15, 0.2) is 46.5 Å². The van der Waals surface area contributed by atoms with Gasteiger partial charge in [0.05, 0.1) is 5.41 Å². The summed E-state index contributed by atoms with van der Waals surface area (Å²) in [6, 6.07) is 0. The van der Waals surface area contributed by atoms with Crippen molar-refractivity contribution in [3.63, 3.8) is 0 Å². The average Bonchev–Trinajstić information content (AvgIpc) is 3.19. The largest absolute Gasteiger partial charge is 0.427 e. The quantitative estimate of drug-likeness (QED) is 0.542. The van der Waals surface area contributed by atoms with E-state index in [1.165, 1.54) is 0 Å². The molecule has 156 valence electrons. The molecule has 4 aliphatic rings. The van der Waals surface area contributed by atoms with E-state index < -0.39 is 5.41 Å². The molecule has 2 aliphatic carbocycles. The Labute approximate surface area is 173 Å². The summed E-state index contributed by atoms with van der Waals surface area (Å²) in [5.41, 5.74) is 2.15. The summed E-state index contributed by atoms with van der Waals surface area (Å²) in [6.45, 7) is 6.40. The van der Waals surface area contributed by atoms with E-state index in [9.17, 15) is 9.59 Å². The molecule has 0 aromatic heterocycles. The molecule has 4 heteroatoms. The molecule has 0 N–H and O–H groups in total. The number of fused-ring (bicyclic) bond motifs is 1. The van der Waals surface area contributed by atoms with Gasteiger partial charge in [-0.1, -0.05) is 39.7 Å². The molecule has 1 fully saturated rings. The van der Waals surface area contributed by atoms with Gasteiger partial charge in [-0.15, -0.1) is 0 Å². The summed E-state index contributed by atoms with van der Waals surface area (Å²) in [5.74, 6) is 1.41. The van der Waals surface area contributed by atoms with Crippen molar-refractivity contribution < 1.29 is 19.1 Å². The fourth-order valence-corrected chi connectivity index (χ4v) is 5.53. The summed E-state index contributed by atoms with van der Waals surface area (Å²) < 4.78 is 11.6. The molecule has 1 saturated heterocycles. The summed E-state index contributed by atoms with van der Waals surface area (Å²) >= 11 is 0. The molecule has 0 amide bonds. The van der Waals surface area contributed by atoms with Crippen molar-refractivity contribution in [1.82, 2.24) is 0 Å². The highest BCUT2D eigenvalue weighted by Crippen LogP contribution is 2.61. The first-order valence-electron chi connectivity index (χ1n) is 11.3. The SMILES string of the molecule is CCC/C=C1\OC(=O)C2=C1CCC[C@H]2C12CC[C@@H](C)C=C1C(=O)O/C2=C\CCC. The first-order valence-corrected chi connectivity index (χ1v) is 11.3. The molecule has 0 aromatic rings. The Balaban J connectivity index is 1.85. The van der Waals surface area contributed by atoms with Gasteiger partial charge in [-0.3, -0.25) is 0 Å². The number of rotatable bonds is 5. The predicted molar refractivity (Wildman–Crippen MR) is 111 cm³/mol. The van der Waals surface area contributed by atoms with E-state index in [1.54, 1.807) is 0 Å². The fraction of sp³-hybridized carbons (Fsp3) is 0.600. The number of hydrogen-bond acceptors (Lipinski definition) is 4. The van der Waals surface area contributed by atoms with Crippen LogP contribution < -0.4 is 0 Å². The maximum absolute atomic E-state index is 13.0. The van der Waals surface area contributed by atoms with Gasteiger partial charge in [0.15, 0.2) is 0 Å². The molecule has 0 radical (unpaired) electrons. The predicted octanol–water partition coefficient (Wildman–Crippen LogP) is 5.91. The van der Waals surface area contributed by atoms with Crippen LogP contribution in [0.1, 0.15) is 78.6 Å². The number of hydrogen-bond donors (Lipinski definition) is 0. The average molecular weight is 397 g/mol. The molecule has 3 atom stereocenters. The zero-order valence-corrected chi connectivity index (χ0v) is 17.9. The maximum Gasteiger partial charge on any atom is 0.340 e. The molecule has 0 aromatic carbocycles. The van der Waals surface area contributed by atoms with Crippen molar-refractivity contribution in [2.75, 3.05) is 0 Å². The van der Waals surface area contributed by atoms with E-state index >= 15 is 0 Å². The minimum Gasteiger partial charge on any atom is -0.427 e. The molecule has 0 saturated carbocycles. The molecule has 2 aliphatic heterocycles. The molecule has 29 heavy (non-hydrogen) atoms. The van der Waals surface area contributed by atoms with Gasteiger partial charge in [0, 0.05) is 22.6 Å². The number of carbonyl (C=O) groups is 2. The summed E-state index contributed by atoms with van der Waals surface area (Å²) in [5, 5.41) is 0. The number of carbonyl (C=O) groups excluding carboxylic acids is 2. The Hall–Kier alpha value is -2.10. The van der Waals surface area contributed by atoms with Gasteiger partial charge in [0.1, 0.15) is 11.5 Å². The van der Waals surface area contributed by atoms with Crippen LogP contribution >= 0.6 is 0 Å². The van der Waals surface area contributed by atoms with Gasteiger partial charge in [0.2, 0.25) is 0 Å². The second-order valence-corrected chi connectivity index (χ2v) is 8.90. The Morgan fingerprint density at radius 3 is 2.59 bits per heavy atom. The Morgan fingerprint density at radius 1 is 1.07 bits per heavy atom. The third-order valence-electron chi connectivity index (χ3n) is 6.93. The van der Waals surface area contributed by atoms with Crippen LogP contribution in [0.4, 0.5) is 0 Å². The van der Waals surface area contributed by atoms with Gasteiger partial charge >= 0.3 is 11.9 Å². The van der Waals surface area contributed by atoms with Gasteiger partial charge in [-0.25, -0.2) is 9.59 Å². The van der Waals surface area contributed by atoms with E-state index in [0.29, 0.717) is 5.92 Å². The van der Waals surface area contributed by atoms with Crippen LogP contribution in [0, 0.1) is 17.3 Å². The molecule has 0 spiro atoms. The number of allylic oxidation sites excluding steroid dienone is 5. The van der Waals surface area contributed by atoms with Crippen LogP contribution in [0.5, 0.6) is 0 Å². The molecule has 4 nitrogen and oxygen atoms in total. The van der Waals surface area contributed by atoms with Gasteiger partial charge < -0.3 is 9.47 Å². The minimum absolute atomic E-state index is 0.0421. The number of ether oxygens (including phenoxy) is 2. The van der Waals surface area contributed by atoms with Gasteiger partial charge in [-0.05, 0) is 63.0 Å². The fourth-order valence-electron chi connectivity index (χ4n) is 5.53. The van der Waals surface area contributed by atoms with E-state index in [0.717, 1.165) is 86.0 Å². The molecule has 0 bridgehead atoms. The number of cyclic esters (lactones) is 2. The highest BCUT2D eigenvalue weighted by Gasteiger charge is 2.59. The minimum atomic E-state index is -0.501. The normalized spacial score (nSPS) is 34.2. The van der Waals surface area contributed by atoms with Crippen molar-refractivity contribution >= 4 is 11.9 Å². The van der Waals surface area contributed by atoms with Crippen LogP contribution in [-0.2, 0) is 19.1 Å². The highest BCUT2D eigenvalue weighted by molar-refractivity contribution is 5.99. The Bertz CT molecular complexity index is 841. The lowest BCUT2D eigenvalue weighted by Crippen LogP contribution is -2.38. The van der Waals surface area contributed by atoms with Crippen LogP contribution in [0.2, 0.25) is 0 Å². The number of unbranched alkanes of at least 4 members (excludes halogenated alkanes) is 2. The van der Waals surface area contributed by atoms with Crippen LogP contribution in [-0.4, -0.2) is 11.9 Å². The topological polar surface area (TPSA) is 52.6 Å². The molecule has 2 heterocycles. The lowest BCUT2D eigenvalue weighted by Gasteiger charge is -2.42. The first kappa shape index (κ1) is 20.2. The first-order chi connectivity index (χ1) is 14.0. The van der Waals surface area contributed by atoms with Crippen molar-refractivity contribution in [2.24, 2.45) is 17.3 Å². The molecule has 1 unspecified atom stereocenters. The third-order valence-corrected chi connectivity index (χ3v) is 6.93. The number of esters is 2. The van der Waals surface area contributed by atoms with E-state index in [4.69, 9.17) is 9.47 Å². The third kappa shape index (κ3) is 3.21. The highest BCUT2D eigenvalue weighted by atomic mass is 16.5. The van der Waals surface area contributed by atoms with Crippen LogP contribution in [0.25, 0.3) is 0 Å². The Kier molecular flexibility index (Phi) is 5.54. The van der Waals surface area contributed by atoms with Crippen molar-refractivity contribution in [1.29, 1.82) is 0 Å². The zero-order valence-electron chi connectivity index (χ0n) is 17.9. The molecule has 4 rings (SSSR count). The lowest BCUT2D eigenvalue weighted by atomic mass is 9.58. The monoisotopic (exact) mass is 396 g/mol. The molecular weight excluding hydrogens is 364 g/mol. The van der Waals surface area contributed by atoms with E-state index in [1.807, 2.05) is 0 Å². The second kappa shape index (κ2) is 7.97. The van der Waals surface area contributed by atoms with E-state index in [-0.39, 0.29) is 17.9 Å². The lowest BCUT2D eigenvalue weighted by molar-refractivity contribution is -0.134. The smallest absolute Gasteiger partial charge is 0.340 e. The molecular formula is C25H32O4. The van der Waals surface area contributed by atoms with Gasteiger partial charge in [0.25, 0.3) is 0 Å². The summed E-state index contributed by atoms with van der Waals surface area (Å²) in [6.07, 6.45) is 14.7. The summed E-state index contributed by atoms with van der Waals surface area (Å²) in [7, 11) is 0. The van der Waals surface area contributed by atoms with Crippen molar-refractivity contribution in [2.45, 2.75) is 78.6 Å². The Morgan fingerprint density at radius 2 is 1.83 bits per heavy atom. The van der Waals surface area contributed by atoms with Crippen molar-refractivity contribution in [3.8, 4) is 0 Å². The van der Waals surface area contributed by atoms with Crippen molar-refractivity contribution in [3.05, 3.63) is 46.5 Å². The second-order valence-electron chi connectivity index (χ2n) is 8.90. The zero-order chi connectivity index (χ0) is 20.6. The van der Waals surface area contributed by atoms with Gasteiger partial charge in [-0.2, -0.15) is 0 Å².